The maximum atomic E-state index is 5.55. The van der Waals surface area contributed by atoms with Crippen LogP contribution in [0.25, 0.3) is 0 Å². The number of hydrogen-bond acceptors (Lipinski definition) is 3. The van der Waals surface area contributed by atoms with Gasteiger partial charge in [0.05, 0.1) is 6.10 Å². The van der Waals surface area contributed by atoms with E-state index in [-0.39, 0.29) is 0 Å². The van der Waals surface area contributed by atoms with Gasteiger partial charge in [-0.15, -0.1) is 0 Å². The lowest BCUT2D eigenvalue weighted by Gasteiger charge is -2.25. The summed E-state index contributed by atoms with van der Waals surface area (Å²) in [5, 5.41) is 7.12. The number of rotatable bonds is 3. The highest BCUT2D eigenvalue weighted by Crippen LogP contribution is 2.17. The summed E-state index contributed by atoms with van der Waals surface area (Å²) in [5.41, 5.74) is 0. The van der Waals surface area contributed by atoms with Gasteiger partial charge >= 0.3 is 0 Å². The topological polar surface area (TPSA) is 33.3 Å². The van der Waals surface area contributed by atoms with Crippen LogP contribution in [0.15, 0.2) is 0 Å². The van der Waals surface area contributed by atoms with Gasteiger partial charge in [0.25, 0.3) is 0 Å². The first-order valence-corrected chi connectivity index (χ1v) is 5.85. The largest absolute Gasteiger partial charge is 0.377 e. The predicted molar refractivity (Wildman–Crippen MR) is 57.4 cm³/mol. The molecule has 0 spiro atoms. The Labute approximate surface area is 86.6 Å². The molecule has 0 aromatic rings. The highest BCUT2D eigenvalue weighted by Gasteiger charge is 2.28. The van der Waals surface area contributed by atoms with Crippen molar-refractivity contribution in [3.8, 4) is 0 Å². The second-order valence-corrected chi connectivity index (χ2v) is 4.68. The quantitative estimate of drug-likeness (QED) is 0.702. The lowest BCUT2D eigenvalue weighted by Crippen LogP contribution is -2.44. The molecule has 2 heterocycles. The van der Waals surface area contributed by atoms with Gasteiger partial charge in [-0.25, -0.2) is 0 Å². The van der Waals surface area contributed by atoms with E-state index >= 15 is 0 Å². The van der Waals surface area contributed by atoms with E-state index in [9.17, 15) is 0 Å². The summed E-state index contributed by atoms with van der Waals surface area (Å²) < 4.78 is 5.55. The van der Waals surface area contributed by atoms with Crippen LogP contribution in [0.3, 0.4) is 0 Å². The molecule has 2 fully saturated rings. The average Bonchev–Trinajstić information content (AvgIpc) is 2.77. The molecule has 0 aromatic heterocycles. The van der Waals surface area contributed by atoms with Crippen molar-refractivity contribution in [2.75, 3.05) is 19.7 Å². The minimum Gasteiger partial charge on any atom is -0.377 e. The molecule has 0 saturated carbocycles. The van der Waals surface area contributed by atoms with Gasteiger partial charge in [0, 0.05) is 18.7 Å². The van der Waals surface area contributed by atoms with Crippen LogP contribution in [-0.2, 0) is 4.74 Å². The lowest BCUT2D eigenvalue weighted by molar-refractivity contribution is 0.109. The molecule has 0 bridgehead atoms. The van der Waals surface area contributed by atoms with Gasteiger partial charge in [-0.2, -0.15) is 0 Å². The summed E-state index contributed by atoms with van der Waals surface area (Å²) in [6.07, 6.45) is 2.88. The molecule has 0 aromatic carbocycles. The fourth-order valence-electron chi connectivity index (χ4n) is 2.53. The summed E-state index contributed by atoms with van der Waals surface area (Å²) >= 11 is 0. The van der Waals surface area contributed by atoms with Crippen molar-refractivity contribution in [1.29, 1.82) is 0 Å². The third-order valence-electron chi connectivity index (χ3n) is 3.66. The van der Waals surface area contributed by atoms with Crippen LogP contribution in [0.2, 0.25) is 0 Å². The van der Waals surface area contributed by atoms with E-state index in [1.54, 1.807) is 0 Å². The van der Waals surface area contributed by atoms with E-state index in [1.807, 2.05) is 0 Å². The van der Waals surface area contributed by atoms with Crippen molar-refractivity contribution < 1.29 is 4.74 Å². The summed E-state index contributed by atoms with van der Waals surface area (Å²) in [5.74, 6) is 0.808. The summed E-state index contributed by atoms with van der Waals surface area (Å²) in [6, 6.07) is 1.20. The second kappa shape index (κ2) is 4.60. The Bertz CT molecular complexity index is 180. The monoisotopic (exact) mass is 198 g/mol. The Morgan fingerprint density at radius 3 is 2.86 bits per heavy atom. The maximum absolute atomic E-state index is 5.55. The van der Waals surface area contributed by atoms with Crippen LogP contribution < -0.4 is 10.6 Å². The van der Waals surface area contributed by atoms with E-state index in [0.29, 0.717) is 18.2 Å². The number of nitrogens with one attached hydrogen (secondary N) is 2. The van der Waals surface area contributed by atoms with E-state index in [2.05, 4.69) is 24.5 Å². The summed E-state index contributed by atoms with van der Waals surface area (Å²) in [4.78, 5) is 0. The lowest BCUT2D eigenvalue weighted by atomic mass is 9.99. The Kier molecular flexibility index (Phi) is 3.42. The Hall–Kier alpha value is -0.120. The standard InChI is InChI=1S/C11H22N2O/c1-8(10-3-5-12-7-10)13-11-4-6-14-9(11)2/h8-13H,3-7H2,1-2H3. The summed E-state index contributed by atoms with van der Waals surface area (Å²) in [6.45, 7) is 7.77. The van der Waals surface area contributed by atoms with Gasteiger partial charge in [0.1, 0.15) is 0 Å². The third-order valence-corrected chi connectivity index (χ3v) is 3.66. The zero-order valence-corrected chi connectivity index (χ0v) is 9.25. The molecule has 2 rings (SSSR count). The number of hydrogen-bond donors (Lipinski definition) is 2. The molecule has 2 N–H and O–H groups in total. The molecule has 2 aliphatic rings. The van der Waals surface area contributed by atoms with Crippen molar-refractivity contribution in [2.45, 2.75) is 44.9 Å². The maximum Gasteiger partial charge on any atom is 0.0700 e. The van der Waals surface area contributed by atoms with Gasteiger partial charge in [-0.1, -0.05) is 0 Å². The van der Waals surface area contributed by atoms with Crippen LogP contribution in [0.1, 0.15) is 26.7 Å². The molecule has 2 aliphatic heterocycles. The van der Waals surface area contributed by atoms with Gasteiger partial charge in [0.15, 0.2) is 0 Å². The van der Waals surface area contributed by atoms with Crippen molar-refractivity contribution in [1.82, 2.24) is 10.6 Å². The second-order valence-electron chi connectivity index (χ2n) is 4.68. The molecule has 3 heteroatoms. The van der Waals surface area contributed by atoms with Crippen molar-refractivity contribution >= 4 is 0 Å². The van der Waals surface area contributed by atoms with Crippen molar-refractivity contribution in [3.05, 3.63) is 0 Å². The van der Waals surface area contributed by atoms with Crippen molar-refractivity contribution in [3.63, 3.8) is 0 Å². The first-order chi connectivity index (χ1) is 6.77. The third kappa shape index (κ3) is 2.27. The molecule has 0 amide bonds. The fourth-order valence-corrected chi connectivity index (χ4v) is 2.53. The van der Waals surface area contributed by atoms with Gasteiger partial charge in [-0.05, 0) is 45.7 Å². The van der Waals surface area contributed by atoms with E-state index in [4.69, 9.17) is 4.74 Å². The fraction of sp³-hybridized carbons (Fsp3) is 1.00. The zero-order valence-electron chi connectivity index (χ0n) is 9.25. The smallest absolute Gasteiger partial charge is 0.0700 e. The van der Waals surface area contributed by atoms with E-state index in [0.717, 1.165) is 12.5 Å². The van der Waals surface area contributed by atoms with Gasteiger partial charge in [0.2, 0.25) is 0 Å². The van der Waals surface area contributed by atoms with Crippen LogP contribution in [0, 0.1) is 5.92 Å². The van der Waals surface area contributed by atoms with Gasteiger partial charge in [-0.3, -0.25) is 0 Å². The van der Waals surface area contributed by atoms with E-state index in [1.165, 1.54) is 25.9 Å². The minimum atomic E-state index is 0.395. The minimum absolute atomic E-state index is 0.395. The Morgan fingerprint density at radius 1 is 1.43 bits per heavy atom. The molecule has 82 valence electrons. The molecule has 4 atom stereocenters. The Morgan fingerprint density at radius 2 is 2.29 bits per heavy atom. The highest BCUT2D eigenvalue weighted by molar-refractivity contribution is 4.86. The summed E-state index contributed by atoms with van der Waals surface area (Å²) in [7, 11) is 0. The first kappa shape index (κ1) is 10.4. The molecule has 3 nitrogen and oxygen atoms in total. The van der Waals surface area contributed by atoms with E-state index < -0.39 is 0 Å². The molecule has 14 heavy (non-hydrogen) atoms. The molecule has 2 saturated heterocycles. The predicted octanol–water partition coefficient (Wildman–Crippen LogP) is 0.751. The molecule has 0 radical (unpaired) electrons. The van der Waals surface area contributed by atoms with Gasteiger partial charge < -0.3 is 15.4 Å². The first-order valence-electron chi connectivity index (χ1n) is 5.85. The molecular formula is C11H22N2O. The van der Waals surface area contributed by atoms with Crippen molar-refractivity contribution in [2.24, 2.45) is 5.92 Å². The van der Waals surface area contributed by atoms with Crippen LogP contribution in [-0.4, -0.2) is 37.9 Å². The SMILES string of the molecule is CC(NC1CCOC1C)C1CCNC1. The molecule has 4 unspecified atom stereocenters. The molecule has 0 aliphatic carbocycles. The Balaban J connectivity index is 1.78. The normalized spacial score (nSPS) is 40.3. The van der Waals surface area contributed by atoms with Crippen LogP contribution in [0.4, 0.5) is 0 Å². The zero-order chi connectivity index (χ0) is 9.97. The average molecular weight is 198 g/mol. The van der Waals surface area contributed by atoms with Crippen LogP contribution >= 0.6 is 0 Å². The molecular weight excluding hydrogens is 176 g/mol. The number of ether oxygens (including phenoxy) is 1. The van der Waals surface area contributed by atoms with Crippen LogP contribution in [0.5, 0.6) is 0 Å². The highest BCUT2D eigenvalue weighted by atomic mass is 16.5.